The van der Waals surface area contributed by atoms with Crippen molar-refractivity contribution in [1.82, 2.24) is 9.88 Å². The Kier molecular flexibility index (Phi) is 4.33. The highest BCUT2D eigenvalue weighted by atomic mass is 19.4. The zero-order valence-corrected chi connectivity index (χ0v) is 12.6. The molecule has 1 heterocycles. The van der Waals surface area contributed by atoms with Crippen molar-refractivity contribution in [2.75, 3.05) is 0 Å². The Morgan fingerprint density at radius 1 is 1.10 bits per heavy atom. The molecule has 0 radical (unpaired) electrons. The van der Waals surface area contributed by atoms with Crippen LogP contribution in [0.25, 0.3) is 10.9 Å². The van der Waals surface area contributed by atoms with E-state index >= 15 is 0 Å². The van der Waals surface area contributed by atoms with Gasteiger partial charge in [0.2, 0.25) is 0 Å². The molecule has 0 aliphatic carbocycles. The van der Waals surface area contributed by atoms with Gasteiger partial charge in [-0.2, -0.15) is 13.2 Å². The molecule has 2 rings (SSSR count). The highest BCUT2D eigenvalue weighted by molar-refractivity contribution is 5.80. The van der Waals surface area contributed by atoms with Crippen LogP contribution < -0.4 is 5.32 Å². The van der Waals surface area contributed by atoms with Crippen molar-refractivity contribution >= 4 is 10.9 Å². The first-order chi connectivity index (χ1) is 9.64. The van der Waals surface area contributed by atoms with E-state index in [-0.39, 0.29) is 12.1 Å². The first-order valence-electron chi connectivity index (χ1n) is 7.04. The zero-order valence-electron chi connectivity index (χ0n) is 12.6. The number of alkyl halides is 3. The molecule has 0 spiro atoms. The summed E-state index contributed by atoms with van der Waals surface area (Å²) in [6, 6.07) is 7.75. The first-order valence-corrected chi connectivity index (χ1v) is 7.04. The molecule has 0 saturated heterocycles. The SMILES string of the molecule is CC(C)(C)NCc1ccc2c(ccn2CCC(F)(F)F)c1. The van der Waals surface area contributed by atoms with Crippen molar-refractivity contribution in [1.29, 1.82) is 0 Å². The molecule has 116 valence electrons. The molecule has 0 atom stereocenters. The maximum absolute atomic E-state index is 12.3. The number of fused-ring (bicyclic) bond motifs is 1. The molecule has 0 unspecified atom stereocenters. The molecular weight excluding hydrogens is 277 g/mol. The molecule has 1 aromatic carbocycles. The lowest BCUT2D eigenvalue weighted by atomic mass is 10.1. The lowest BCUT2D eigenvalue weighted by Crippen LogP contribution is -2.35. The van der Waals surface area contributed by atoms with Gasteiger partial charge in [0, 0.05) is 30.3 Å². The Morgan fingerprint density at radius 2 is 1.81 bits per heavy atom. The second kappa shape index (κ2) is 5.72. The highest BCUT2D eigenvalue weighted by Gasteiger charge is 2.26. The van der Waals surface area contributed by atoms with Crippen LogP contribution in [-0.2, 0) is 13.1 Å². The van der Waals surface area contributed by atoms with Gasteiger partial charge in [0.25, 0.3) is 0 Å². The van der Waals surface area contributed by atoms with Gasteiger partial charge in [-0.3, -0.25) is 0 Å². The summed E-state index contributed by atoms with van der Waals surface area (Å²) in [6.07, 6.45) is -3.20. The molecule has 0 fully saturated rings. The van der Waals surface area contributed by atoms with Gasteiger partial charge in [-0.05, 0) is 49.9 Å². The predicted molar refractivity (Wildman–Crippen MR) is 79.2 cm³/mol. The quantitative estimate of drug-likeness (QED) is 0.880. The number of benzene rings is 1. The average molecular weight is 298 g/mol. The number of nitrogens with one attached hydrogen (secondary N) is 1. The van der Waals surface area contributed by atoms with Crippen LogP contribution in [0, 0.1) is 0 Å². The van der Waals surface area contributed by atoms with Crippen LogP contribution in [0.3, 0.4) is 0 Å². The maximum Gasteiger partial charge on any atom is 0.390 e. The summed E-state index contributed by atoms with van der Waals surface area (Å²) in [5, 5.41) is 4.38. The molecule has 0 amide bonds. The van der Waals surface area contributed by atoms with Crippen LogP contribution in [0.2, 0.25) is 0 Å². The molecule has 0 bridgehead atoms. The highest BCUT2D eigenvalue weighted by Crippen LogP contribution is 2.23. The van der Waals surface area contributed by atoms with Gasteiger partial charge >= 0.3 is 6.18 Å². The number of halogens is 3. The van der Waals surface area contributed by atoms with Crippen LogP contribution in [-0.4, -0.2) is 16.3 Å². The third-order valence-electron chi connectivity index (χ3n) is 3.29. The van der Waals surface area contributed by atoms with E-state index in [1.165, 1.54) is 0 Å². The van der Waals surface area contributed by atoms with Crippen LogP contribution in [0.4, 0.5) is 13.2 Å². The number of rotatable bonds is 4. The fraction of sp³-hybridized carbons (Fsp3) is 0.500. The van der Waals surface area contributed by atoms with Gasteiger partial charge < -0.3 is 9.88 Å². The maximum atomic E-state index is 12.3. The Bertz CT molecular complexity index is 606. The molecule has 5 heteroatoms. The van der Waals surface area contributed by atoms with Gasteiger partial charge in [0.05, 0.1) is 6.42 Å². The molecule has 0 saturated carbocycles. The summed E-state index contributed by atoms with van der Waals surface area (Å²) < 4.78 is 38.6. The van der Waals surface area contributed by atoms with Crippen LogP contribution in [0.15, 0.2) is 30.5 Å². The number of hydrogen-bond acceptors (Lipinski definition) is 1. The van der Waals surface area contributed by atoms with Crippen LogP contribution in [0.5, 0.6) is 0 Å². The molecule has 2 nitrogen and oxygen atoms in total. The smallest absolute Gasteiger partial charge is 0.347 e. The third kappa shape index (κ3) is 4.77. The molecule has 21 heavy (non-hydrogen) atoms. The van der Waals surface area contributed by atoms with Crippen molar-refractivity contribution in [2.45, 2.75) is 52.0 Å². The van der Waals surface area contributed by atoms with Gasteiger partial charge in [-0.15, -0.1) is 0 Å². The van der Waals surface area contributed by atoms with E-state index in [1.54, 1.807) is 10.8 Å². The second-order valence-electron chi connectivity index (χ2n) is 6.37. The summed E-state index contributed by atoms with van der Waals surface area (Å²) in [5.74, 6) is 0. The fourth-order valence-electron chi connectivity index (χ4n) is 2.17. The number of hydrogen-bond donors (Lipinski definition) is 1. The van der Waals surface area contributed by atoms with E-state index in [4.69, 9.17) is 0 Å². The predicted octanol–water partition coefficient (Wildman–Crippen LogP) is 4.48. The molecular formula is C16H21F3N2. The third-order valence-corrected chi connectivity index (χ3v) is 3.29. The van der Waals surface area contributed by atoms with Gasteiger partial charge in [0.15, 0.2) is 0 Å². The average Bonchev–Trinajstić information content (AvgIpc) is 2.74. The molecule has 0 aliphatic rings. The largest absolute Gasteiger partial charge is 0.390 e. The summed E-state index contributed by atoms with van der Waals surface area (Å²) >= 11 is 0. The standard InChI is InChI=1S/C16H21F3N2/c1-15(2,3)20-11-12-4-5-14-13(10-12)6-8-21(14)9-7-16(17,18)19/h4-6,8,10,20H,7,9,11H2,1-3H3. The van der Waals surface area contributed by atoms with E-state index in [0.717, 1.165) is 23.0 Å². The van der Waals surface area contributed by atoms with Crippen molar-refractivity contribution in [3.8, 4) is 0 Å². The van der Waals surface area contributed by atoms with Gasteiger partial charge in [0.1, 0.15) is 0 Å². The van der Waals surface area contributed by atoms with Gasteiger partial charge in [-0.25, -0.2) is 0 Å². The number of nitrogens with zero attached hydrogens (tertiary/aromatic N) is 1. The van der Waals surface area contributed by atoms with Crippen molar-refractivity contribution in [2.24, 2.45) is 0 Å². The topological polar surface area (TPSA) is 17.0 Å². The summed E-state index contributed by atoms with van der Waals surface area (Å²) in [5.41, 5.74) is 2.01. The van der Waals surface area contributed by atoms with Crippen LogP contribution >= 0.6 is 0 Å². The van der Waals surface area contributed by atoms with Crippen molar-refractivity contribution < 1.29 is 13.2 Å². The summed E-state index contributed by atoms with van der Waals surface area (Å²) in [6.45, 7) is 7.00. The second-order valence-corrected chi connectivity index (χ2v) is 6.37. The van der Waals surface area contributed by atoms with Gasteiger partial charge in [-0.1, -0.05) is 6.07 Å². The Morgan fingerprint density at radius 3 is 2.43 bits per heavy atom. The Balaban J connectivity index is 2.11. The monoisotopic (exact) mass is 298 g/mol. The minimum Gasteiger partial charge on any atom is -0.347 e. The normalized spacial score (nSPS) is 13.0. The summed E-state index contributed by atoms with van der Waals surface area (Å²) in [4.78, 5) is 0. The number of aromatic nitrogens is 1. The lowest BCUT2D eigenvalue weighted by Gasteiger charge is -2.20. The molecule has 0 aliphatic heterocycles. The van der Waals surface area contributed by atoms with E-state index in [9.17, 15) is 13.2 Å². The van der Waals surface area contributed by atoms with E-state index < -0.39 is 12.6 Å². The van der Waals surface area contributed by atoms with E-state index in [1.807, 2.05) is 24.3 Å². The van der Waals surface area contributed by atoms with Crippen molar-refractivity contribution in [3.05, 3.63) is 36.0 Å². The minimum atomic E-state index is -4.12. The first kappa shape index (κ1) is 15.9. The lowest BCUT2D eigenvalue weighted by molar-refractivity contribution is -0.136. The molecule has 2 aromatic rings. The fourth-order valence-corrected chi connectivity index (χ4v) is 2.17. The van der Waals surface area contributed by atoms with E-state index in [0.29, 0.717) is 0 Å². The number of aryl methyl sites for hydroxylation is 1. The van der Waals surface area contributed by atoms with E-state index in [2.05, 4.69) is 26.1 Å². The van der Waals surface area contributed by atoms with Crippen molar-refractivity contribution in [3.63, 3.8) is 0 Å². The Hall–Kier alpha value is -1.49. The molecule has 1 aromatic heterocycles. The zero-order chi connectivity index (χ0) is 15.7. The minimum absolute atomic E-state index is 0.0351. The van der Waals surface area contributed by atoms with Crippen LogP contribution in [0.1, 0.15) is 32.8 Å². The summed E-state index contributed by atoms with van der Waals surface area (Å²) in [7, 11) is 0. The molecule has 1 N–H and O–H groups in total. The Labute approximate surface area is 122 Å².